The summed E-state index contributed by atoms with van der Waals surface area (Å²) < 4.78 is 4.27. The van der Waals surface area contributed by atoms with Crippen molar-refractivity contribution >= 4 is 28.3 Å². The Balaban J connectivity index is 2.58. The minimum Gasteiger partial charge on any atom is -0.347 e. The van der Waals surface area contributed by atoms with Gasteiger partial charge in [0.05, 0.1) is 0 Å². The fourth-order valence-corrected chi connectivity index (χ4v) is 2.11. The van der Waals surface area contributed by atoms with Gasteiger partial charge in [0.1, 0.15) is 5.82 Å². The molecule has 1 heterocycles. The Morgan fingerprint density at radius 1 is 1.43 bits per heavy atom. The first-order valence-corrected chi connectivity index (χ1v) is 6.26. The number of aryl methyl sites for hydroxylation is 1. The molecule has 1 aromatic rings. The number of halogens is 1. The van der Waals surface area contributed by atoms with Gasteiger partial charge in [-0.1, -0.05) is 6.92 Å². The van der Waals surface area contributed by atoms with E-state index in [4.69, 9.17) is 11.6 Å². The van der Waals surface area contributed by atoms with Crippen molar-refractivity contribution in [1.29, 1.82) is 0 Å². The Kier molecular flexibility index (Phi) is 5.19. The van der Waals surface area contributed by atoms with Crippen LogP contribution in [0, 0.1) is 0 Å². The van der Waals surface area contributed by atoms with Gasteiger partial charge >= 0.3 is 0 Å². The van der Waals surface area contributed by atoms with Crippen molar-refractivity contribution in [2.24, 2.45) is 0 Å². The van der Waals surface area contributed by atoms with Gasteiger partial charge < -0.3 is 4.90 Å². The average molecular weight is 234 g/mol. The fraction of sp³-hybridized carbons (Fsp3) is 0.778. The van der Waals surface area contributed by atoms with Gasteiger partial charge in [-0.3, -0.25) is 0 Å². The van der Waals surface area contributed by atoms with Crippen molar-refractivity contribution in [2.45, 2.75) is 26.7 Å². The summed E-state index contributed by atoms with van der Waals surface area (Å²) in [5.74, 6) is 1.64. The molecule has 0 aliphatic rings. The molecule has 0 aromatic carbocycles. The molecule has 3 nitrogen and oxygen atoms in total. The highest BCUT2D eigenvalue weighted by Crippen LogP contribution is 2.17. The molecule has 0 unspecified atom stereocenters. The van der Waals surface area contributed by atoms with Crippen molar-refractivity contribution in [3.8, 4) is 0 Å². The normalized spacial score (nSPS) is 10.5. The molecule has 0 aliphatic carbocycles. The summed E-state index contributed by atoms with van der Waals surface area (Å²) in [6.45, 7) is 6.13. The Bertz CT molecular complexity index is 264. The SMILES string of the molecule is CCc1nsc(N(CC)CCCCl)n1. The number of rotatable bonds is 6. The molecule has 1 rings (SSSR count). The largest absolute Gasteiger partial charge is 0.347 e. The van der Waals surface area contributed by atoms with Gasteiger partial charge in [-0.25, -0.2) is 4.98 Å². The van der Waals surface area contributed by atoms with Crippen LogP contribution in [0.5, 0.6) is 0 Å². The molecule has 14 heavy (non-hydrogen) atoms. The van der Waals surface area contributed by atoms with Gasteiger partial charge in [-0.15, -0.1) is 11.6 Å². The van der Waals surface area contributed by atoms with Gasteiger partial charge in [-0.2, -0.15) is 4.37 Å². The van der Waals surface area contributed by atoms with Crippen molar-refractivity contribution in [2.75, 3.05) is 23.9 Å². The molecule has 0 N–H and O–H groups in total. The second-order valence-corrected chi connectivity index (χ2v) is 4.08. The summed E-state index contributed by atoms with van der Waals surface area (Å²) in [5.41, 5.74) is 0. The first kappa shape index (κ1) is 11.7. The first-order valence-electron chi connectivity index (χ1n) is 4.95. The maximum atomic E-state index is 5.66. The lowest BCUT2D eigenvalue weighted by Crippen LogP contribution is -2.24. The smallest absolute Gasteiger partial charge is 0.205 e. The molecule has 0 spiro atoms. The van der Waals surface area contributed by atoms with E-state index in [2.05, 4.69) is 28.1 Å². The third-order valence-corrected chi connectivity index (χ3v) is 3.07. The summed E-state index contributed by atoms with van der Waals surface area (Å²) in [6, 6.07) is 0. The minimum absolute atomic E-state index is 0.704. The molecule has 1 aromatic heterocycles. The van der Waals surface area contributed by atoms with Crippen molar-refractivity contribution in [1.82, 2.24) is 9.36 Å². The van der Waals surface area contributed by atoms with Crippen LogP contribution in [0.1, 0.15) is 26.1 Å². The molecule has 0 aliphatic heterocycles. The maximum absolute atomic E-state index is 5.66. The summed E-state index contributed by atoms with van der Waals surface area (Å²) in [7, 11) is 0. The Morgan fingerprint density at radius 2 is 2.21 bits per heavy atom. The van der Waals surface area contributed by atoms with Crippen LogP contribution in [0.15, 0.2) is 0 Å². The highest BCUT2D eigenvalue weighted by molar-refractivity contribution is 7.09. The van der Waals surface area contributed by atoms with E-state index in [0.29, 0.717) is 5.88 Å². The molecule has 5 heteroatoms. The predicted molar refractivity (Wildman–Crippen MR) is 62.5 cm³/mol. The molecular formula is C9H16ClN3S. The standard InChI is InChI=1S/C9H16ClN3S/c1-3-8-11-9(14-12-8)13(4-2)7-5-6-10/h3-7H2,1-2H3. The molecule has 0 radical (unpaired) electrons. The van der Waals surface area contributed by atoms with Crippen LogP contribution in [0.25, 0.3) is 0 Å². The van der Waals surface area contributed by atoms with E-state index < -0.39 is 0 Å². The molecule has 0 amide bonds. The van der Waals surface area contributed by atoms with Crippen molar-refractivity contribution in [3.63, 3.8) is 0 Å². The zero-order valence-electron chi connectivity index (χ0n) is 8.66. The summed E-state index contributed by atoms with van der Waals surface area (Å²) >= 11 is 7.14. The van der Waals surface area contributed by atoms with Crippen LogP contribution in [-0.4, -0.2) is 28.3 Å². The highest BCUT2D eigenvalue weighted by Gasteiger charge is 2.09. The zero-order valence-corrected chi connectivity index (χ0v) is 10.2. The molecule has 0 atom stereocenters. The van der Waals surface area contributed by atoms with Crippen LogP contribution in [-0.2, 0) is 6.42 Å². The number of nitrogens with zero attached hydrogens (tertiary/aromatic N) is 3. The van der Waals surface area contributed by atoms with E-state index in [1.807, 2.05) is 0 Å². The van der Waals surface area contributed by atoms with Crippen molar-refractivity contribution < 1.29 is 0 Å². The number of alkyl halides is 1. The molecule has 0 fully saturated rings. The van der Waals surface area contributed by atoms with E-state index >= 15 is 0 Å². The minimum atomic E-state index is 0.704. The second-order valence-electron chi connectivity index (χ2n) is 2.97. The summed E-state index contributed by atoms with van der Waals surface area (Å²) in [5, 5.41) is 1.02. The van der Waals surface area contributed by atoms with Gasteiger partial charge in [0.15, 0.2) is 0 Å². The fourth-order valence-electron chi connectivity index (χ4n) is 1.16. The molecule has 0 saturated carbocycles. The third kappa shape index (κ3) is 3.10. The Labute approximate surface area is 94.3 Å². The number of hydrogen-bond acceptors (Lipinski definition) is 4. The second kappa shape index (κ2) is 6.19. The van der Waals surface area contributed by atoms with E-state index in [1.165, 1.54) is 11.5 Å². The van der Waals surface area contributed by atoms with Crippen molar-refractivity contribution in [3.05, 3.63) is 5.82 Å². The average Bonchev–Trinajstić information content (AvgIpc) is 2.68. The van der Waals surface area contributed by atoms with Gasteiger partial charge in [-0.05, 0) is 13.3 Å². The Morgan fingerprint density at radius 3 is 2.71 bits per heavy atom. The Hall–Kier alpha value is -0.350. The van der Waals surface area contributed by atoms with Gasteiger partial charge in [0, 0.05) is 36.9 Å². The van der Waals surface area contributed by atoms with E-state index in [-0.39, 0.29) is 0 Å². The van der Waals surface area contributed by atoms with E-state index in [0.717, 1.165) is 36.9 Å². The van der Waals surface area contributed by atoms with E-state index in [1.54, 1.807) is 0 Å². The number of aromatic nitrogens is 2. The van der Waals surface area contributed by atoms with Crippen LogP contribution in [0.4, 0.5) is 5.13 Å². The number of hydrogen-bond donors (Lipinski definition) is 0. The first-order chi connectivity index (χ1) is 6.81. The quantitative estimate of drug-likeness (QED) is 0.708. The molecule has 80 valence electrons. The number of anilines is 1. The van der Waals surface area contributed by atoms with E-state index in [9.17, 15) is 0 Å². The highest BCUT2D eigenvalue weighted by atomic mass is 35.5. The van der Waals surface area contributed by atoms with Crippen LogP contribution in [0.3, 0.4) is 0 Å². The maximum Gasteiger partial charge on any atom is 0.205 e. The lowest BCUT2D eigenvalue weighted by molar-refractivity contribution is 0.787. The molecular weight excluding hydrogens is 218 g/mol. The lowest BCUT2D eigenvalue weighted by Gasteiger charge is -2.17. The van der Waals surface area contributed by atoms with Crippen LogP contribution < -0.4 is 4.90 Å². The predicted octanol–water partition coefficient (Wildman–Crippen LogP) is 2.56. The molecule has 0 saturated heterocycles. The topological polar surface area (TPSA) is 29.0 Å². The third-order valence-electron chi connectivity index (χ3n) is 1.99. The summed E-state index contributed by atoms with van der Waals surface area (Å²) in [6.07, 6.45) is 1.90. The van der Waals surface area contributed by atoms with Gasteiger partial charge in [0.25, 0.3) is 0 Å². The van der Waals surface area contributed by atoms with Crippen LogP contribution >= 0.6 is 23.1 Å². The lowest BCUT2D eigenvalue weighted by atomic mass is 10.4. The monoisotopic (exact) mass is 233 g/mol. The zero-order chi connectivity index (χ0) is 10.4. The molecule has 0 bridgehead atoms. The van der Waals surface area contributed by atoms with Crippen LogP contribution in [0.2, 0.25) is 0 Å². The van der Waals surface area contributed by atoms with Gasteiger partial charge in [0.2, 0.25) is 5.13 Å². The summed E-state index contributed by atoms with van der Waals surface area (Å²) in [4.78, 5) is 6.66.